The van der Waals surface area contributed by atoms with E-state index in [4.69, 9.17) is 23.2 Å². The van der Waals surface area contributed by atoms with Crippen LogP contribution in [-0.2, 0) is 11.3 Å². The third-order valence-electron chi connectivity index (χ3n) is 6.81. The zero-order valence-corrected chi connectivity index (χ0v) is 22.0. The number of alkyl halides is 3. The van der Waals surface area contributed by atoms with Gasteiger partial charge in [0.2, 0.25) is 0 Å². The van der Waals surface area contributed by atoms with Gasteiger partial charge in [-0.3, -0.25) is 4.79 Å². The van der Waals surface area contributed by atoms with Gasteiger partial charge in [0, 0.05) is 41.7 Å². The van der Waals surface area contributed by atoms with Crippen molar-refractivity contribution >= 4 is 45.8 Å². The van der Waals surface area contributed by atoms with Gasteiger partial charge in [-0.2, -0.15) is 0 Å². The van der Waals surface area contributed by atoms with E-state index in [0.717, 1.165) is 19.3 Å². The molecule has 1 aliphatic rings. The number of hydrogen-bond acceptors (Lipinski definition) is 3. The number of fused-ring (bicyclic) bond motifs is 1. The van der Waals surface area contributed by atoms with Gasteiger partial charge in [-0.25, -0.2) is 0 Å². The Morgan fingerprint density at radius 2 is 1.81 bits per heavy atom. The van der Waals surface area contributed by atoms with Crippen LogP contribution in [0, 0.1) is 12.8 Å². The van der Waals surface area contributed by atoms with Gasteiger partial charge in [0.25, 0.3) is 5.91 Å². The van der Waals surface area contributed by atoms with Crippen molar-refractivity contribution in [3.63, 3.8) is 0 Å². The summed E-state index contributed by atoms with van der Waals surface area (Å²) >= 11 is 13.2. The van der Waals surface area contributed by atoms with E-state index < -0.39 is 6.36 Å². The molecule has 198 valence electrons. The zero-order valence-electron chi connectivity index (χ0n) is 20.5. The van der Waals surface area contributed by atoms with Crippen molar-refractivity contribution in [2.45, 2.75) is 52.4 Å². The summed E-state index contributed by atoms with van der Waals surface area (Å²) in [4.78, 5) is 26.4. The predicted molar refractivity (Wildman–Crippen MR) is 137 cm³/mol. The highest BCUT2D eigenvalue weighted by Crippen LogP contribution is 2.34. The largest absolute Gasteiger partial charge is 0.573 e. The van der Waals surface area contributed by atoms with Crippen LogP contribution in [0.25, 0.3) is 10.9 Å². The molecular formula is C27H27Cl2F3N2O3. The lowest BCUT2D eigenvalue weighted by molar-refractivity contribution is -0.274. The highest BCUT2D eigenvalue weighted by Gasteiger charge is 2.31. The van der Waals surface area contributed by atoms with E-state index in [2.05, 4.69) is 4.74 Å². The van der Waals surface area contributed by atoms with Crippen LogP contribution in [0.15, 0.2) is 36.5 Å². The number of benzene rings is 2. The summed E-state index contributed by atoms with van der Waals surface area (Å²) in [6, 6.07) is 7.62. The Bertz CT molecular complexity index is 1330. The average Bonchev–Trinajstić information content (AvgIpc) is 3.22. The summed E-state index contributed by atoms with van der Waals surface area (Å²) in [5.74, 6) is 0.149. The average molecular weight is 555 g/mol. The zero-order chi connectivity index (χ0) is 26.9. The van der Waals surface area contributed by atoms with Crippen molar-refractivity contribution in [2.24, 2.45) is 5.92 Å². The van der Waals surface area contributed by atoms with Gasteiger partial charge >= 0.3 is 6.36 Å². The predicted octanol–water partition coefficient (Wildman–Crippen LogP) is 7.42. The summed E-state index contributed by atoms with van der Waals surface area (Å²) in [5, 5.41) is 1.22. The van der Waals surface area contributed by atoms with Crippen molar-refractivity contribution in [3.05, 3.63) is 63.3 Å². The Hall–Kier alpha value is -2.71. The molecule has 37 heavy (non-hydrogen) atoms. The number of carbonyl (C=O) groups is 2. The molecule has 0 N–H and O–H groups in total. The molecule has 1 fully saturated rings. The van der Waals surface area contributed by atoms with Crippen LogP contribution >= 0.6 is 23.2 Å². The number of hydrogen-bond donors (Lipinski definition) is 0. The minimum atomic E-state index is -4.78. The number of ketones is 1. The molecule has 0 unspecified atom stereocenters. The van der Waals surface area contributed by atoms with Gasteiger partial charge < -0.3 is 19.0 Å². The van der Waals surface area contributed by atoms with Gasteiger partial charge in [0.05, 0.1) is 22.6 Å². The maximum Gasteiger partial charge on any atom is 0.573 e. The van der Waals surface area contributed by atoms with Crippen molar-refractivity contribution in [2.75, 3.05) is 13.1 Å². The third-order valence-corrected chi connectivity index (χ3v) is 7.60. The molecule has 0 atom stereocenters. The maximum atomic E-state index is 13.3. The molecule has 1 amide bonds. The minimum Gasteiger partial charge on any atom is -0.406 e. The number of nitrogens with zero attached hydrogens (tertiary/aromatic N) is 2. The fourth-order valence-electron chi connectivity index (χ4n) is 4.94. The quantitative estimate of drug-likeness (QED) is 0.305. The minimum absolute atomic E-state index is 0.171. The van der Waals surface area contributed by atoms with Crippen molar-refractivity contribution in [3.8, 4) is 5.75 Å². The van der Waals surface area contributed by atoms with Crippen molar-refractivity contribution < 1.29 is 27.5 Å². The van der Waals surface area contributed by atoms with Gasteiger partial charge in [-0.05, 0) is 74.9 Å². The van der Waals surface area contributed by atoms with Crippen LogP contribution in [-0.4, -0.2) is 40.6 Å². The second-order valence-corrected chi connectivity index (χ2v) is 10.3. The fourth-order valence-corrected chi connectivity index (χ4v) is 5.51. The molecular weight excluding hydrogens is 528 g/mol. The molecule has 0 aliphatic carbocycles. The van der Waals surface area contributed by atoms with E-state index in [0.29, 0.717) is 58.0 Å². The number of Topliss-reactive ketones (excluding diaryl/α,β-unsaturated/α-hetero) is 1. The topological polar surface area (TPSA) is 51.5 Å². The van der Waals surface area contributed by atoms with Gasteiger partial charge in [-0.1, -0.05) is 23.2 Å². The summed E-state index contributed by atoms with van der Waals surface area (Å²) in [6.07, 6.45) is 0.0482. The van der Waals surface area contributed by atoms with Crippen LogP contribution < -0.4 is 4.74 Å². The van der Waals surface area contributed by atoms with Crippen LogP contribution in [0.2, 0.25) is 10.0 Å². The number of piperidine rings is 1. The summed E-state index contributed by atoms with van der Waals surface area (Å²) < 4.78 is 43.9. The lowest BCUT2D eigenvalue weighted by Crippen LogP contribution is -2.38. The number of aromatic nitrogens is 1. The van der Waals surface area contributed by atoms with E-state index in [-0.39, 0.29) is 29.0 Å². The van der Waals surface area contributed by atoms with E-state index in [9.17, 15) is 22.8 Å². The number of aryl methyl sites for hydroxylation is 1. The van der Waals surface area contributed by atoms with E-state index in [1.807, 2.05) is 4.57 Å². The Balaban J connectivity index is 1.54. The normalized spacial score (nSPS) is 14.8. The van der Waals surface area contributed by atoms with E-state index in [1.165, 1.54) is 12.1 Å². The van der Waals surface area contributed by atoms with Gasteiger partial charge in [0.1, 0.15) is 11.5 Å². The smallest absolute Gasteiger partial charge is 0.406 e. The van der Waals surface area contributed by atoms with Crippen molar-refractivity contribution in [1.29, 1.82) is 0 Å². The van der Waals surface area contributed by atoms with E-state index >= 15 is 0 Å². The Morgan fingerprint density at radius 3 is 2.46 bits per heavy atom. The standard InChI is InChI=1S/C27H27Cl2F3N2O3/c1-16-13-20(37-27(30,31)32)14-19-9-12-34(25(16)19)15-22-23(28)6-5-21(24(22)29)26(36)33-10-7-18(8-11-33)4-3-17(2)35/h5-6,9,12-14,18H,3-4,7-8,10-11,15H2,1-2H3. The molecule has 1 aliphatic heterocycles. The first-order chi connectivity index (χ1) is 17.4. The van der Waals surface area contributed by atoms with E-state index in [1.54, 1.807) is 43.1 Å². The molecule has 2 aromatic carbocycles. The Morgan fingerprint density at radius 1 is 1.11 bits per heavy atom. The highest BCUT2D eigenvalue weighted by atomic mass is 35.5. The molecule has 10 heteroatoms. The van der Waals surface area contributed by atoms with Crippen LogP contribution in [0.3, 0.4) is 0 Å². The lowest BCUT2D eigenvalue weighted by atomic mass is 9.91. The molecule has 0 spiro atoms. The van der Waals surface area contributed by atoms with Crippen LogP contribution in [0.4, 0.5) is 13.2 Å². The summed E-state index contributed by atoms with van der Waals surface area (Å²) in [5.41, 5.74) is 2.22. The SMILES string of the molecule is CC(=O)CCC1CCN(C(=O)c2ccc(Cl)c(Cn3ccc4cc(OC(F)(F)F)cc(C)c43)c2Cl)CC1. The van der Waals surface area contributed by atoms with Gasteiger partial charge in [-0.15, -0.1) is 13.2 Å². The molecule has 3 aromatic rings. The first-order valence-electron chi connectivity index (χ1n) is 12.0. The summed E-state index contributed by atoms with van der Waals surface area (Å²) in [7, 11) is 0. The fraction of sp³-hybridized carbons (Fsp3) is 0.407. The molecule has 5 nitrogen and oxygen atoms in total. The van der Waals surface area contributed by atoms with Gasteiger partial charge in [0.15, 0.2) is 0 Å². The molecule has 1 aromatic heterocycles. The molecule has 2 heterocycles. The molecule has 0 radical (unpaired) electrons. The number of rotatable bonds is 7. The molecule has 0 saturated carbocycles. The number of likely N-dealkylation sites (tertiary alicyclic amines) is 1. The van der Waals surface area contributed by atoms with Crippen molar-refractivity contribution in [1.82, 2.24) is 9.47 Å². The monoisotopic (exact) mass is 554 g/mol. The van der Waals surface area contributed by atoms with Crippen LogP contribution in [0.1, 0.15) is 54.1 Å². The summed E-state index contributed by atoms with van der Waals surface area (Å²) in [6.45, 7) is 4.72. The highest BCUT2D eigenvalue weighted by molar-refractivity contribution is 6.38. The maximum absolute atomic E-state index is 13.3. The first-order valence-corrected chi connectivity index (χ1v) is 12.8. The number of amides is 1. The molecule has 0 bridgehead atoms. The van der Waals surface area contributed by atoms with Crippen LogP contribution in [0.5, 0.6) is 5.75 Å². The molecule has 4 rings (SSSR count). The lowest BCUT2D eigenvalue weighted by Gasteiger charge is -2.32. The molecule has 1 saturated heterocycles. The number of ether oxygens (including phenoxy) is 1. The number of halogens is 5. The number of carbonyl (C=O) groups excluding carboxylic acids is 2. The Labute approximate surface area is 223 Å². The Kier molecular flexibility index (Phi) is 8.09. The first kappa shape index (κ1) is 27.3. The second kappa shape index (κ2) is 11.0. The second-order valence-electron chi connectivity index (χ2n) is 9.53. The third kappa shape index (κ3) is 6.41.